The van der Waals surface area contributed by atoms with Gasteiger partial charge in [0, 0.05) is 12.1 Å². The number of hydroxylamine groups is 1. The number of rotatable bonds is 7. The van der Waals surface area contributed by atoms with Crippen molar-refractivity contribution in [3.8, 4) is 0 Å². The first-order valence-corrected chi connectivity index (χ1v) is 5.99. The van der Waals surface area contributed by atoms with E-state index in [-0.39, 0.29) is 5.69 Å². The van der Waals surface area contributed by atoms with Gasteiger partial charge >= 0.3 is 0 Å². The third-order valence-corrected chi connectivity index (χ3v) is 2.65. The highest BCUT2D eigenvalue weighted by atomic mass is 16.6. The Balaban J connectivity index is 2.72. The number of benzene rings is 1. The van der Waals surface area contributed by atoms with E-state index in [1.807, 2.05) is 6.92 Å². The standard InChI is InChI=1S/C12H17N3O4/c1-2-7-13-11(12(16)14-17)8-9-3-5-10(6-4-9)15(18)19/h3-6,11,13,17H,2,7-8H2,1H3,(H,14,16)/t11-/m0/s1. The van der Waals surface area contributed by atoms with Gasteiger partial charge in [-0.1, -0.05) is 19.1 Å². The molecule has 19 heavy (non-hydrogen) atoms. The third kappa shape index (κ3) is 4.65. The topological polar surface area (TPSA) is 105 Å². The van der Waals surface area contributed by atoms with Gasteiger partial charge in [0.1, 0.15) is 0 Å². The molecule has 1 atom stereocenters. The van der Waals surface area contributed by atoms with Gasteiger partial charge in [0.2, 0.25) is 0 Å². The lowest BCUT2D eigenvalue weighted by Crippen LogP contribution is -2.44. The zero-order valence-corrected chi connectivity index (χ0v) is 10.6. The molecule has 1 amide bonds. The molecule has 0 heterocycles. The minimum atomic E-state index is -0.564. The highest BCUT2D eigenvalue weighted by molar-refractivity contribution is 5.80. The average Bonchev–Trinajstić information content (AvgIpc) is 2.43. The van der Waals surface area contributed by atoms with E-state index >= 15 is 0 Å². The Kier molecular flexibility index (Phi) is 5.91. The average molecular weight is 267 g/mol. The van der Waals surface area contributed by atoms with Crippen LogP contribution in [0.3, 0.4) is 0 Å². The van der Waals surface area contributed by atoms with Crippen LogP contribution in [0.25, 0.3) is 0 Å². The van der Waals surface area contributed by atoms with Crippen molar-refractivity contribution in [2.24, 2.45) is 0 Å². The minimum absolute atomic E-state index is 0.00780. The maximum atomic E-state index is 11.5. The van der Waals surface area contributed by atoms with Gasteiger partial charge in [0.25, 0.3) is 11.6 Å². The Morgan fingerprint density at radius 3 is 2.53 bits per heavy atom. The second-order valence-electron chi connectivity index (χ2n) is 4.11. The van der Waals surface area contributed by atoms with Crippen molar-refractivity contribution in [1.29, 1.82) is 0 Å². The highest BCUT2D eigenvalue weighted by Gasteiger charge is 2.17. The van der Waals surface area contributed by atoms with Crippen molar-refractivity contribution in [3.05, 3.63) is 39.9 Å². The Bertz CT molecular complexity index is 433. The van der Waals surface area contributed by atoms with E-state index in [2.05, 4.69) is 5.32 Å². The van der Waals surface area contributed by atoms with Crippen LogP contribution in [0, 0.1) is 10.1 Å². The van der Waals surface area contributed by atoms with Crippen LogP contribution in [0.2, 0.25) is 0 Å². The van der Waals surface area contributed by atoms with Gasteiger partial charge in [-0.25, -0.2) is 5.48 Å². The first-order chi connectivity index (χ1) is 9.08. The second-order valence-corrected chi connectivity index (χ2v) is 4.11. The van der Waals surface area contributed by atoms with Crippen molar-refractivity contribution < 1.29 is 14.9 Å². The Morgan fingerprint density at radius 1 is 1.42 bits per heavy atom. The summed E-state index contributed by atoms with van der Waals surface area (Å²) in [7, 11) is 0. The first kappa shape index (κ1) is 15.1. The lowest BCUT2D eigenvalue weighted by Gasteiger charge is -2.16. The number of hydrogen-bond donors (Lipinski definition) is 3. The van der Waals surface area contributed by atoms with E-state index in [1.54, 1.807) is 17.6 Å². The number of non-ortho nitro benzene ring substituents is 1. The molecule has 7 nitrogen and oxygen atoms in total. The van der Waals surface area contributed by atoms with Crippen LogP contribution in [-0.2, 0) is 11.2 Å². The number of nitro benzene ring substituents is 1. The summed E-state index contributed by atoms with van der Waals surface area (Å²) >= 11 is 0. The number of hydrogen-bond acceptors (Lipinski definition) is 5. The molecule has 104 valence electrons. The first-order valence-electron chi connectivity index (χ1n) is 5.99. The van der Waals surface area contributed by atoms with Crippen LogP contribution in [0.1, 0.15) is 18.9 Å². The molecule has 1 rings (SSSR count). The monoisotopic (exact) mass is 267 g/mol. The number of nitro groups is 1. The van der Waals surface area contributed by atoms with Crippen molar-refractivity contribution in [2.75, 3.05) is 6.54 Å². The van der Waals surface area contributed by atoms with Crippen molar-refractivity contribution in [1.82, 2.24) is 10.8 Å². The van der Waals surface area contributed by atoms with E-state index in [0.717, 1.165) is 12.0 Å². The molecule has 0 aliphatic carbocycles. The summed E-state index contributed by atoms with van der Waals surface area (Å²) in [6.45, 7) is 2.61. The summed E-state index contributed by atoms with van der Waals surface area (Å²) < 4.78 is 0. The van der Waals surface area contributed by atoms with Gasteiger partial charge in [0.15, 0.2) is 0 Å². The lowest BCUT2D eigenvalue weighted by atomic mass is 10.0. The van der Waals surface area contributed by atoms with Crippen molar-refractivity contribution >= 4 is 11.6 Å². The van der Waals surface area contributed by atoms with Gasteiger partial charge in [0.05, 0.1) is 11.0 Å². The molecule has 0 aliphatic rings. The van der Waals surface area contributed by atoms with Gasteiger partial charge in [-0.3, -0.25) is 20.1 Å². The molecule has 0 aliphatic heterocycles. The van der Waals surface area contributed by atoms with Gasteiger partial charge in [-0.2, -0.15) is 0 Å². The van der Waals surface area contributed by atoms with Crippen molar-refractivity contribution in [2.45, 2.75) is 25.8 Å². The second kappa shape index (κ2) is 7.45. The molecular formula is C12H17N3O4. The fourth-order valence-corrected chi connectivity index (χ4v) is 1.64. The van der Waals surface area contributed by atoms with Crippen LogP contribution in [0.5, 0.6) is 0 Å². The molecule has 0 radical (unpaired) electrons. The quantitative estimate of drug-likeness (QED) is 0.388. The maximum Gasteiger partial charge on any atom is 0.269 e. The summed E-state index contributed by atoms with van der Waals surface area (Å²) in [5.41, 5.74) is 2.40. The number of carbonyl (C=O) groups is 1. The predicted octanol–water partition coefficient (Wildman–Crippen LogP) is 1.01. The van der Waals surface area contributed by atoms with Crippen LogP contribution in [0.15, 0.2) is 24.3 Å². The zero-order chi connectivity index (χ0) is 14.3. The Hall–Kier alpha value is -1.99. The molecular weight excluding hydrogens is 250 g/mol. The zero-order valence-electron chi connectivity index (χ0n) is 10.6. The normalized spacial score (nSPS) is 11.9. The van der Waals surface area contributed by atoms with Crippen LogP contribution < -0.4 is 10.8 Å². The van der Waals surface area contributed by atoms with E-state index in [1.165, 1.54) is 12.1 Å². The van der Waals surface area contributed by atoms with E-state index < -0.39 is 16.9 Å². The van der Waals surface area contributed by atoms with Gasteiger partial charge in [-0.15, -0.1) is 0 Å². The van der Waals surface area contributed by atoms with Gasteiger partial charge < -0.3 is 5.32 Å². The molecule has 0 saturated heterocycles. The number of amides is 1. The fraction of sp³-hybridized carbons (Fsp3) is 0.417. The SMILES string of the molecule is CCCN[C@@H](Cc1ccc([N+](=O)[O-])cc1)C(=O)NO. The molecule has 1 aromatic carbocycles. The molecule has 0 saturated carbocycles. The number of carbonyl (C=O) groups excluding carboxylic acids is 1. The Morgan fingerprint density at radius 2 is 2.05 bits per heavy atom. The molecule has 3 N–H and O–H groups in total. The molecule has 7 heteroatoms. The molecule has 0 fully saturated rings. The predicted molar refractivity (Wildman–Crippen MR) is 68.8 cm³/mol. The smallest absolute Gasteiger partial charge is 0.269 e. The molecule has 0 spiro atoms. The van der Waals surface area contributed by atoms with Crippen LogP contribution >= 0.6 is 0 Å². The maximum absolute atomic E-state index is 11.5. The van der Waals surface area contributed by atoms with Crippen LogP contribution in [0.4, 0.5) is 5.69 Å². The van der Waals surface area contributed by atoms with Crippen molar-refractivity contribution in [3.63, 3.8) is 0 Å². The lowest BCUT2D eigenvalue weighted by molar-refractivity contribution is -0.384. The molecule has 0 unspecified atom stereocenters. The molecule has 0 bridgehead atoms. The van der Waals surface area contributed by atoms with Crippen LogP contribution in [-0.4, -0.2) is 28.6 Å². The van der Waals surface area contributed by atoms with Gasteiger partial charge in [-0.05, 0) is 24.9 Å². The molecule has 1 aromatic rings. The molecule has 0 aromatic heterocycles. The van der Waals surface area contributed by atoms with E-state index in [0.29, 0.717) is 13.0 Å². The number of nitrogens with one attached hydrogen (secondary N) is 2. The van der Waals surface area contributed by atoms with E-state index in [9.17, 15) is 14.9 Å². The summed E-state index contributed by atoms with van der Waals surface area (Å²) in [6.07, 6.45) is 1.21. The largest absolute Gasteiger partial charge is 0.306 e. The fourth-order valence-electron chi connectivity index (χ4n) is 1.64. The summed E-state index contributed by atoms with van der Waals surface area (Å²) in [5.74, 6) is -0.521. The van der Waals surface area contributed by atoms with E-state index in [4.69, 9.17) is 5.21 Å². The number of nitrogens with zero attached hydrogens (tertiary/aromatic N) is 1. The summed E-state index contributed by atoms with van der Waals surface area (Å²) in [5, 5.41) is 22.2. The third-order valence-electron chi connectivity index (χ3n) is 2.65. The minimum Gasteiger partial charge on any atom is -0.306 e. The summed E-state index contributed by atoms with van der Waals surface area (Å²) in [4.78, 5) is 21.5. The Labute approximate surface area is 110 Å². The highest BCUT2D eigenvalue weighted by Crippen LogP contribution is 2.13. The summed E-state index contributed by atoms with van der Waals surface area (Å²) in [6, 6.07) is 5.42.